The second kappa shape index (κ2) is 6.82. The van der Waals surface area contributed by atoms with Gasteiger partial charge in [-0.1, -0.05) is 0 Å². The second-order valence-corrected chi connectivity index (χ2v) is 5.45. The van der Waals surface area contributed by atoms with Crippen molar-refractivity contribution in [2.45, 2.75) is 6.18 Å². The van der Waals surface area contributed by atoms with Crippen LogP contribution >= 0.6 is 11.8 Å². The highest BCUT2D eigenvalue weighted by Crippen LogP contribution is 2.24. The van der Waals surface area contributed by atoms with E-state index >= 15 is 0 Å². The number of carbonyl (C=O) groups excluding carboxylic acids is 2. The number of amides is 2. The van der Waals surface area contributed by atoms with Crippen LogP contribution < -0.4 is 21.1 Å². The molecule has 1 aliphatic heterocycles. The quantitative estimate of drug-likeness (QED) is 0.769. The molecule has 1 aromatic rings. The Balaban J connectivity index is 1.97. The van der Waals surface area contributed by atoms with E-state index in [-0.39, 0.29) is 28.1 Å². The van der Waals surface area contributed by atoms with Crippen molar-refractivity contribution < 1.29 is 27.5 Å². The maximum absolute atomic E-state index is 12.0. The number of rotatable bonds is 4. The van der Waals surface area contributed by atoms with Gasteiger partial charge in [-0.2, -0.15) is 13.2 Å². The molecule has 2 amide bonds. The number of hydrogen-bond acceptors (Lipinski definition) is 5. The third-order valence-corrected chi connectivity index (χ3v) is 3.69. The third kappa shape index (κ3) is 5.09. The first kappa shape index (κ1) is 17.0. The zero-order chi connectivity index (χ0) is 17.0. The van der Waals surface area contributed by atoms with Crippen LogP contribution in [0.1, 0.15) is 0 Å². The van der Waals surface area contributed by atoms with E-state index in [2.05, 4.69) is 15.4 Å². The Hall–Kier alpha value is -2.36. The maximum atomic E-state index is 12.0. The van der Waals surface area contributed by atoms with Crippen LogP contribution in [0.2, 0.25) is 0 Å². The number of nitrogens with one attached hydrogen (secondary N) is 2. The highest BCUT2D eigenvalue weighted by Gasteiger charge is 2.28. The number of alkyl halides is 3. The minimum absolute atomic E-state index is 0.0263. The van der Waals surface area contributed by atoms with Gasteiger partial charge >= 0.3 is 6.18 Å². The normalized spacial score (nSPS) is 15.2. The number of benzene rings is 1. The predicted octanol–water partition coefficient (Wildman–Crippen LogP) is 1.56. The van der Waals surface area contributed by atoms with E-state index in [9.17, 15) is 22.8 Å². The second-order valence-electron chi connectivity index (χ2n) is 4.46. The number of carbonyl (C=O) groups is 2. The van der Waals surface area contributed by atoms with Gasteiger partial charge in [0.1, 0.15) is 16.5 Å². The van der Waals surface area contributed by atoms with Crippen LogP contribution in [0.15, 0.2) is 35.0 Å². The fourth-order valence-corrected chi connectivity index (χ4v) is 2.37. The summed E-state index contributed by atoms with van der Waals surface area (Å²) in [6.07, 6.45) is -4.42. The Labute approximate surface area is 133 Å². The summed E-state index contributed by atoms with van der Waals surface area (Å²) in [4.78, 5) is 23.3. The summed E-state index contributed by atoms with van der Waals surface area (Å²) in [5.41, 5.74) is 5.92. The van der Waals surface area contributed by atoms with Gasteiger partial charge in [0.25, 0.3) is 5.91 Å². The average Bonchev–Trinajstić information content (AvgIpc) is 2.45. The number of halogens is 3. The van der Waals surface area contributed by atoms with Gasteiger partial charge in [0.2, 0.25) is 5.91 Å². The molecule has 1 aromatic carbocycles. The third-order valence-electron chi connectivity index (χ3n) is 2.59. The van der Waals surface area contributed by atoms with Crippen molar-refractivity contribution in [1.82, 2.24) is 5.32 Å². The largest absolute Gasteiger partial charge is 0.484 e. The monoisotopic (exact) mass is 347 g/mol. The molecule has 4 N–H and O–H groups in total. The number of thioether (sulfide) groups is 1. The van der Waals surface area contributed by atoms with Crippen LogP contribution in [0.3, 0.4) is 0 Å². The first-order valence-electron chi connectivity index (χ1n) is 6.28. The van der Waals surface area contributed by atoms with E-state index in [1.165, 1.54) is 24.3 Å². The van der Waals surface area contributed by atoms with E-state index in [0.29, 0.717) is 5.69 Å². The van der Waals surface area contributed by atoms with Crippen molar-refractivity contribution >= 4 is 29.3 Å². The van der Waals surface area contributed by atoms with Gasteiger partial charge in [0.15, 0.2) is 6.61 Å². The lowest BCUT2D eigenvalue weighted by molar-refractivity contribution is -0.153. The average molecular weight is 347 g/mol. The number of ether oxygens (including phenoxy) is 1. The molecule has 2 rings (SSSR count). The minimum Gasteiger partial charge on any atom is -0.484 e. The maximum Gasteiger partial charge on any atom is 0.422 e. The Morgan fingerprint density at radius 3 is 2.57 bits per heavy atom. The van der Waals surface area contributed by atoms with Crippen LogP contribution in [0.5, 0.6) is 5.75 Å². The first-order chi connectivity index (χ1) is 10.7. The molecule has 0 fully saturated rings. The molecular weight excluding hydrogens is 335 g/mol. The first-order valence-corrected chi connectivity index (χ1v) is 7.26. The molecule has 0 unspecified atom stereocenters. The predicted molar refractivity (Wildman–Crippen MR) is 78.4 cm³/mol. The highest BCUT2D eigenvalue weighted by atomic mass is 32.2. The molecule has 6 nitrogen and oxygen atoms in total. The summed E-state index contributed by atoms with van der Waals surface area (Å²) >= 11 is 1.00. The molecule has 1 aliphatic rings. The van der Waals surface area contributed by atoms with E-state index in [0.717, 1.165) is 11.8 Å². The fourth-order valence-electron chi connectivity index (χ4n) is 1.63. The van der Waals surface area contributed by atoms with Crippen molar-refractivity contribution in [3.8, 4) is 5.75 Å². The van der Waals surface area contributed by atoms with Crippen LogP contribution in [-0.2, 0) is 9.59 Å². The van der Waals surface area contributed by atoms with Crippen LogP contribution in [-0.4, -0.2) is 30.4 Å². The molecule has 0 aromatic heterocycles. The SMILES string of the molecule is NC1=C(C(=O)Nc2ccc(OCC(F)(F)F)cc2)SCC(=O)N1. The Morgan fingerprint density at radius 1 is 1.35 bits per heavy atom. The lowest BCUT2D eigenvalue weighted by Gasteiger charge is -2.17. The van der Waals surface area contributed by atoms with Gasteiger partial charge in [-0.05, 0) is 24.3 Å². The van der Waals surface area contributed by atoms with E-state index < -0.39 is 18.7 Å². The van der Waals surface area contributed by atoms with Crippen LogP contribution in [0.25, 0.3) is 0 Å². The highest BCUT2D eigenvalue weighted by molar-refractivity contribution is 8.04. The molecule has 23 heavy (non-hydrogen) atoms. The van der Waals surface area contributed by atoms with Gasteiger partial charge in [0.05, 0.1) is 5.75 Å². The summed E-state index contributed by atoms with van der Waals surface area (Å²) < 4.78 is 40.7. The molecule has 0 radical (unpaired) electrons. The zero-order valence-corrected chi connectivity index (χ0v) is 12.4. The van der Waals surface area contributed by atoms with Gasteiger partial charge in [-0.3, -0.25) is 9.59 Å². The summed E-state index contributed by atoms with van der Waals surface area (Å²) in [7, 11) is 0. The van der Waals surface area contributed by atoms with Crippen molar-refractivity contribution in [3.05, 3.63) is 35.0 Å². The van der Waals surface area contributed by atoms with Gasteiger partial charge in [0, 0.05) is 5.69 Å². The standard InChI is InChI=1S/C13H12F3N3O3S/c14-13(15,16)6-22-8-3-1-7(2-4-8)18-12(21)10-11(17)19-9(20)5-23-10/h1-4H,5-6,17H2,(H,18,21)(H,19,20). The van der Waals surface area contributed by atoms with Crippen LogP contribution in [0.4, 0.5) is 18.9 Å². The minimum atomic E-state index is -4.42. The Kier molecular flexibility index (Phi) is 5.04. The number of anilines is 1. The summed E-state index contributed by atoms with van der Waals surface area (Å²) in [5.74, 6) is -0.743. The van der Waals surface area contributed by atoms with Gasteiger partial charge < -0.3 is 21.1 Å². The van der Waals surface area contributed by atoms with Crippen molar-refractivity contribution in [3.63, 3.8) is 0 Å². The van der Waals surface area contributed by atoms with E-state index in [1.54, 1.807) is 0 Å². The molecule has 0 saturated carbocycles. The van der Waals surface area contributed by atoms with E-state index in [4.69, 9.17) is 5.73 Å². The summed E-state index contributed by atoms with van der Waals surface area (Å²) in [6.45, 7) is -1.39. The van der Waals surface area contributed by atoms with Crippen molar-refractivity contribution in [2.24, 2.45) is 5.73 Å². The number of nitrogens with two attached hydrogens (primary N) is 1. The fraction of sp³-hybridized carbons (Fsp3) is 0.231. The lowest BCUT2D eigenvalue weighted by atomic mass is 10.3. The molecule has 0 atom stereocenters. The summed E-state index contributed by atoms with van der Waals surface area (Å²) in [6, 6.07) is 5.39. The molecule has 1 heterocycles. The smallest absolute Gasteiger partial charge is 0.422 e. The summed E-state index contributed by atoms with van der Waals surface area (Å²) in [5, 5.41) is 4.88. The lowest BCUT2D eigenvalue weighted by Crippen LogP contribution is -2.36. The van der Waals surface area contributed by atoms with Gasteiger partial charge in [-0.15, -0.1) is 11.8 Å². The molecule has 0 aliphatic carbocycles. The van der Waals surface area contributed by atoms with Gasteiger partial charge in [-0.25, -0.2) is 0 Å². The molecule has 0 spiro atoms. The molecule has 0 bridgehead atoms. The Bertz CT molecular complexity index is 644. The number of hydrogen-bond donors (Lipinski definition) is 3. The molecular formula is C13H12F3N3O3S. The molecule has 0 saturated heterocycles. The van der Waals surface area contributed by atoms with E-state index in [1.807, 2.05) is 0 Å². The van der Waals surface area contributed by atoms with Crippen molar-refractivity contribution in [1.29, 1.82) is 0 Å². The zero-order valence-electron chi connectivity index (χ0n) is 11.6. The van der Waals surface area contributed by atoms with Crippen LogP contribution in [0, 0.1) is 0 Å². The Morgan fingerprint density at radius 2 is 2.00 bits per heavy atom. The van der Waals surface area contributed by atoms with Crippen molar-refractivity contribution in [2.75, 3.05) is 17.7 Å². The molecule has 10 heteroatoms. The topological polar surface area (TPSA) is 93.5 Å². The molecule has 124 valence electrons.